The summed E-state index contributed by atoms with van der Waals surface area (Å²) in [5, 5.41) is 24.1. The van der Waals surface area contributed by atoms with E-state index in [1.807, 2.05) is 30.3 Å². The highest BCUT2D eigenvalue weighted by atomic mass is 16.7. The summed E-state index contributed by atoms with van der Waals surface area (Å²) in [7, 11) is 1.43. The van der Waals surface area contributed by atoms with Crippen molar-refractivity contribution in [2.75, 3.05) is 12.4 Å². The van der Waals surface area contributed by atoms with Crippen molar-refractivity contribution in [2.45, 2.75) is 51.0 Å². The van der Waals surface area contributed by atoms with Crippen LogP contribution in [0, 0.1) is 6.92 Å². The van der Waals surface area contributed by atoms with Gasteiger partial charge in [0.05, 0.1) is 5.60 Å². The summed E-state index contributed by atoms with van der Waals surface area (Å²) in [6, 6.07) is 14.1. The number of hydrogen-bond acceptors (Lipinski definition) is 8. The van der Waals surface area contributed by atoms with E-state index in [-0.39, 0.29) is 11.3 Å². The number of aliphatic hydroxyl groups excluding tert-OH is 2. The van der Waals surface area contributed by atoms with Gasteiger partial charge in [-0.15, -0.1) is 0 Å². The molecule has 0 aliphatic carbocycles. The molecular weight excluding hydrogens is 466 g/mol. The molecule has 9 nitrogen and oxygen atoms in total. The van der Waals surface area contributed by atoms with Crippen LogP contribution in [0.1, 0.15) is 25.0 Å². The monoisotopic (exact) mass is 495 g/mol. The van der Waals surface area contributed by atoms with Gasteiger partial charge in [-0.05, 0) is 50.6 Å². The van der Waals surface area contributed by atoms with E-state index in [0.29, 0.717) is 16.7 Å². The summed E-state index contributed by atoms with van der Waals surface area (Å²) < 4.78 is 22.5. The zero-order valence-corrected chi connectivity index (χ0v) is 20.4. The average molecular weight is 496 g/mol. The number of hydrogen-bond donors (Lipinski definition) is 3. The van der Waals surface area contributed by atoms with Crippen molar-refractivity contribution in [1.29, 1.82) is 0 Å². The average Bonchev–Trinajstić information content (AvgIpc) is 2.84. The molecule has 1 aliphatic heterocycles. The summed E-state index contributed by atoms with van der Waals surface area (Å²) in [6.07, 6.45) is -1.56. The first kappa shape index (κ1) is 25.6. The van der Waals surface area contributed by atoms with Gasteiger partial charge in [-0.3, -0.25) is 4.79 Å². The quantitative estimate of drug-likeness (QED) is 0.352. The number of amides is 1. The molecule has 1 aromatic heterocycles. The van der Waals surface area contributed by atoms with E-state index in [4.69, 9.17) is 18.6 Å². The minimum absolute atomic E-state index is 0.000189. The maximum absolute atomic E-state index is 12.6. The van der Waals surface area contributed by atoms with Crippen LogP contribution in [0.4, 0.5) is 5.69 Å². The molecule has 0 saturated carbocycles. The second kappa shape index (κ2) is 10.2. The Kier molecular flexibility index (Phi) is 7.28. The lowest BCUT2D eigenvalue weighted by atomic mass is 9.89. The minimum Gasteiger partial charge on any atom is -0.462 e. The van der Waals surface area contributed by atoms with E-state index in [1.165, 1.54) is 19.3 Å². The number of fused-ring (bicyclic) bond motifs is 1. The molecule has 4 atom stereocenters. The molecule has 9 heteroatoms. The molecular formula is C27H29NO8. The molecule has 2 aromatic carbocycles. The normalized spacial score (nSPS) is 23.6. The second-order valence-electron chi connectivity index (χ2n) is 9.13. The molecule has 0 radical (unpaired) electrons. The Labute approximate surface area is 207 Å². The summed E-state index contributed by atoms with van der Waals surface area (Å²) in [5.74, 6) is -0.169. The second-order valence-corrected chi connectivity index (χ2v) is 9.13. The third kappa shape index (κ3) is 5.19. The fourth-order valence-electron chi connectivity index (χ4n) is 4.26. The number of methoxy groups -OCH3 is 1. The minimum atomic E-state index is -1.37. The highest BCUT2D eigenvalue weighted by Gasteiger charge is 2.50. The molecule has 0 bridgehead atoms. The molecule has 2 heterocycles. The number of carbonyl (C=O) groups excluding carboxylic acids is 1. The Bertz CT molecular complexity index is 1330. The predicted molar refractivity (Wildman–Crippen MR) is 134 cm³/mol. The summed E-state index contributed by atoms with van der Waals surface area (Å²) >= 11 is 0. The molecule has 4 rings (SSSR count). The predicted octanol–water partition coefficient (Wildman–Crippen LogP) is 3.00. The number of rotatable bonds is 6. The van der Waals surface area contributed by atoms with Crippen LogP contribution in [-0.4, -0.2) is 53.4 Å². The summed E-state index contributed by atoms with van der Waals surface area (Å²) in [4.78, 5) is 24.9. The molecule has 4 unspecified atom stereocenters. The zero-order valence-electron chi connectivity index (χ0n) is 20.4. The van der Waals surface area contributed by atoms with Crippen molar-refractivity contribution < 1.29 is 33.6 Å². The number of benzene rings is 2. The van der Waals surface area contributed by atoms with Gasteiger partial charge in [0.2, 0.25) is 12.2 Å². The Balaban J connectivity index is 1.55. The first-order valence-electron chi connectivity index (χ1n) is 11.5. The lowest BCUT2D eigenvalue weighted by Gasteiger charge is -2.46. The molecule has 3 aromatic rings. The largest absolute Gasteiger partial charge is 0.462 e. The molecule has 0 spiro atoms. The van der Waals surface area contributed by atoms with Crippen molar-refractivity contribution in [1.82, 2.24) is 0 Å². The fourth-order valence-corrected chi connectivity index (χ4v) is 4.26. The molecule has 36 heavy (non-hydrogen) atoms. The third-order valence-corrected chi connectivity index (χ3v) is 6.13. The maximum Gasteiger partial charge on any atom is 0.360 e. The van der Waals surface area contributed by atoms with E-state index >= 15 is 0 Å². The Morgan fingerprint density at radius 3 is 2.53 bits per heavy atom. The topological polar surface area (TPSA) is 127 Å². The molecule has 190 valence electrons. The lowest BCUT2D eigenvalue weighted by molar-refractivity contribution is -0.306. The van der Waals surface area contributed by atoms with E-state index in [1.54, 1.807) is 39.0 Å². The number of ether oxygens (including phenoxy) is 3. The van der Waals surface area contributed by atoms with Crippen molar-refractivity contribution >= 4 is 28.6 Å². The van der Waals surface area contributed by atoms with Crippen LogP contribution < -0.4 is 15.7 Å². The zero-order chi connectivity index (χ0) is 26.0. The van der Waals surface area contributed by atoms with Gasteiger partial charge in [-0.1, -0.05) is 30.3 Å². The highest BCUT2D eigenvalue weighted by Crippen LogP contribution is 2.35. The van der Waals surface area contributed by atoms with Gasteiger partial charge >= 0.3 is 5.63 Å². The molecule has 1 aliphatic rings. The van der Waals surface area contributed by atoms with Crippen LogP contribution in [0.2, 0.25) is 0 Å². The van der Waals surface area contributed by atoms with Crippen molar-refractivity contribution in [3.8, 4) is 5.75 Å². The third-order valence-electron chi connectivity index (χ3n) is 6.13. The first-order chi connectivity index (χ1) is 17.1. The molecule has 3 N–H and O–H groups in total. The van der Waals surface area contributed by atoms with Crippen LogP contribution in [0.15, 0.2) is 63.8 Å². The number of carbonyl (C=O) groups is 1. The van der Waals surface area contributed by atoms with E-state index in [9.17, 15) is 19.8 Å². The summed E-state index contributed by atoms with van der Waals surface area (Å²) in [6.45, 7) is 5.14. The molecule has 1 saturated heterocycles. The standard InChI is InChI=1S/C27H29NO8/c1-15-19(34-26-22(31)21(30)24(33-4)27(2,3)36-26)12-11-17-14-18(25(32)35-23(15)17)28-20(29)13-10-16-8-6-5-7-9-16/h5-14,21-22,24,26,30-31H,1-4H3,(H,28,29). The van der Waals surface area contributed by atoms with Crippen molar-refractivity contribution in [3.05, 3.63) is 76.2 Å². The Morgan fingerprint density at radius 1 is 1.11 bits per heavy atom. The van der Waals surface area contributed by atoms with Gasteiger partial charge in [0.25, 0.3) is 0 Å². The Morgan fingerprint density at radius 2 is 1.83 bits per heavy atom. The summed E-state index contributed by atoms with van der Waals surface area (Å²) in [5.41, 5.74) is -0.0598. The van der Waals surface area contributed by atoms with Gasteiger partial charge in [-0.25, -0.2) is 4.79 Å². The number of nitrogens with one attached hydrogen (secondary N) is 1. The maximum atomic E-state index is 12.6. The van der Waals surface area contributed by atoms with E-state index in [2.05, 4.69) is 5.32 Å². The van der Waals surface area contributed by atoms with Crippen LogP contribution in [0.3, 0.4) is 0 Å². The molecule has 1 amide bonds. The van der Waals surface area contributed by atoms with Gasteiger partial charge in [-0.2, -0.15) is 0 Å². The van der Waals surface area contributed by atoms with Crippen LogP contribution in [0.25, 0.3) is 17.0 Å². The smallest absolute Gasteiger partial charge is 0.360 e. The Hall–Kier alpha value is -3.50. The number of aryl methyl sites for hydroxylation is 1. The van der Waals surface area contributed by atoms with Gasteiger partial charge in [0, 0.05) is 24.1 Å². The highest BCUT2D eigenvalue weighted by molar-refractivity contribution is 6.02. The van der Waals surface area contributed by atoms with Gasteiger partial charge in [0.15, 0.2) is 0 Å². The van der Waals surface area contributed by atoms with Gasteiger partial charge < -0.3 is 34.2 Å². The number of aliphatic hydroxyl groups is 2. The van der Waals surface area contributed by atoms with Crippen molar-refractivity contribution in [3.63, 3.8) is 0 Å². The molecule has 1 fully saturated rings. The lowest BCUT2D eigenvalue weighted by Crippen LogP contribution is -2.63. The van der Waals surface area contributed by atoms with Crippen molar-refractivity contribution in [2.24, 2.45) is 0 Å². The fraction of sp³-hybridized carbons (Fsp3) is 0.333. The van der Waals surface area contributed by atoms with Crippen LogP contribution >= 0.6 is 0 Å². The van der Waals surface area contributed by atoms with E-state index in [0.717, 1.165) is 5.56 Å². The number of anilines is 1. The van der Waals surface area contributed by atoms with Crippen LogP contribution in [-0.2, 0) is 14.3 Å². The van der Waals surface area contributed by atoms with Crippen LogP contribution in [0.5, 0.6) is 5.75 Å². The first-order valence-corrected chi connectivity index (χ1v) is 11.5. The van der Waals surface area contributed by atoms with Gasteiger partial charge in [0.1, 0.15) is 35.3 Å². The van der Waals surface area contributed by atoms with E-state index < -0.39 is 41.7 Å². The SMILES string of the molecule is COC1C(O)C(O)C(Oc2ccc3cc(NC(=O)C=Cc4ccccc4)c(=O)oc3c2C)OC1(C)C.